The number of rotatable bonds is 10. The average Bonchev–Trinajstić information content (AvgIpc) is 3.07. The number of phenolic OH excluding ortho intramolecular Hbond substituents is 1. The second-order valence-corrected chi connectivity index (χ2v) is 11.3. The van der Waals surface area contributed by atoms with Crippen LogP contribution in [0.25, 0.3) is 0 Å². The number of carbonyl (C=O) groups excluding carboxylic acids is 2. The number of nitrogens with two attached hydrogens (primary N) is 1. The van der Waals surface area contributed by atoms with Crippen LogP contribution in [0, 0.1) is 0 Å². The molecule has 1 saturated heterocycles. The van der Waals surface area contributed by atoms with E-state index in [1.165, 1.54) is 12.1 Å². The zero-order valence-electron chi connectivity index (χ0n) is 24.8. The highest BCUT2D eigenvalue weighted by Crippen LogP contribution is 2.42. The van der Waals surface area contributed by atoms with Gasteiger partial charge in [0.1, 0.15) is 30.2 Å². The summed E-state index contributed by atoms with van der Waals surface area (Å²) in [7, 11) is 0. The predicted octanol–water partition coefficient (Wildman–Crippen LogP) is 2.38. The smallest absolute Gasteiger partial charge is 0.229 e. The molecule has 0 bridgehead atoms. The lowest BCUT2D eigenvalue weighted by Gasteiger charge is -2.41. The number of anilines is 1. The van der Waals surface area contributed by atoms with Crippen LogP contribution in [-0.2, 0) is 28.7 Å². The Balaban J connectivity index is 1.35. The van der Waals surface area contributed by atoms with Gasteiger partial charge in [-0.1, -0.05) is 54.6 Å². The molecule has 5 atom stereocenters. The molecule has 6 rings (SSSR count). The number of aliphatic hydroxyl groups excluding tert-OH is 3. The molecule has 1 fully saturated rings. The van der Waals surface area contributed by atoms with Gasteiger partial charge >= 0.3 is 0 Å². The minimum absolute atomic E-state index is 0.0627. The summed E-state index contributed by atoms with van der Waals surface area (Å²) in [6.45, 7) is -0.573. The van der Waals surface area contributed by atoms with Gasteiger partial charge in [0, 0.05) is 22.9 Å². The molecule has 1 aromatic heterocycles. The second kappa shape index (κ2) is 13.4. The zero-order valence-corrected chi connectivity index (χ0v) is 24.8. The van der Waals surface area contributed by atoms with Crippen LogP contribution in [0.4, 0.5) is 5.82 Å². The molecule has 3 aromatic carbocycles. The summed E-state index contributed by atoms with van der Waals surface area (Å²) in [5, 5.41) is 43.0. The van der Waals surface area contributed by atoms with Crippen molar-refractivity contribution < 1.29 is 44.2 Å². The first-order chi connectivity index (χ1) is 22.3. The van der Waals surface area contributed by atoms with E-state index in [1.807, 2.05) is 30.3 Å². The van der Waals surface area contributed by atoms with Crippen molar-refractivity contribution in [2.75, 3.05) is 18.9 Å². The number of benzene rings is 3. The second-order valence-electron chi connectivity index (χ2n) is 11.3. The molecule has 4 aromatic rings. The molecule has 11 nitrogen and oxygen atoms in total. The summed E-state index contributed by atoms with van der Waals surface area (Å²) in [6, 6.07) is 21.0. The lowest BCUT2D eigenvalue weighted by molar-refractivity contribution is -0.287. The van der Waals surface area contributed by atoms with Gasteiger partial charge in [-0.2, -0.15) is 0 Å². The van der Waals surface area contributed by atoms with Crippen molar-refractivity contribution in [2.45, 2.75) is 50.0 Å². The number of aromatic nitrogens is 1. The van der Waals surface area contributed by atoms with E-state index >= 15 is 0 Å². The number of phenols is 1. The molecule has 0 radical (unpaired) electrons. The number of aryl methyl sites for hydroxylation is 2. The first-order valence-corrected chi connectivity index (χ1v) is 15.0. The number of hydrogen-bond donors (Lipinski definition) is 5. The van der Waals surface area contributed by atoms with Crippen molar-refractivity contribution in [1.82, 2.24) is 4.98 Å². The minimum atomic E-state index is -1.54. The van der Waals surface area contributed by atoms with Crippen molar-refractivity contribution in [2.24, 2.45) is 0 Å². The Morgan fingerprint density at radius 3 is 2.22 bits per heavy atom. The van der Waals surface area contributed by atoms with Crippen LogP contribution in [-0.4, -0.2) is 80.9 Å². The Kier molecular flexibility index (Phi) is 9.11. The number of hydrogen-bond acceptors (Lipinski definition) is 11. The van der Waals surface area contributed by atoms with Crippen LogP contribution in [0.3, 0.4) is 0 Å². The fourth-order valence-corrected chi connectivity index (χ4v) is 5.96. The van der Waals surface area contributed by atoms with Gasteiger partial charge in [-0.3, -0.25) is 9.59 Å². The van der Waals surface area contributed by atoms with E-state index < -0.39 is 48.8 Å². The minimum Gasteiger partial charge on any atom is -0.504 e. The summed E-state index contributed by atoms with van der Waals surface area (Å²) in [5.41, 5.74) is 8.39. The topological polar surface area (TPSA) is 182 Å². The van der Waals surface area contributed by atoms with Gasteiger partial charge in [0.05, 0.1) is 18.8 Å². The lowest BCUT2D eigenvalue weighted by Crippen LogP contribution is -2.61. The van der Waals surface area contributed by atoms with Crippen LogP contribution >= 0.6 is 0 Å². The van der Waals surface area contributed by atoms with Crippen LogP contribution in [0.2, 0.25) is 0 Å². The molecule has 46 heavy (non-hydrogen) atoms. The number of ketones is 2. The third kappa shape index (κ3) is 6.11. The molecule has 2 aliphatic rings. The molecule has 0 saturated carbocycles. The van der Waals surface area contributed by atoms with E-state index in [9.17, 15) is 30.0 Å². The first kappa shape index (κ1) is 31.3. The van der Waals surface area contributed by atoms with Gasteiger partial charge in [0.15, 0.2) is 23.1 Å². The zero-order chi connectivity index (χ0) is 32.4. The Hall–Kier alpha value is -4.65. The molecule has 5 unspecified atom stereocenters. The van der Waals surface area contributed by atoms with E-state index in [4.69, 9.17) is 19.9 Å². The Morgan fingerprint density at radius 1 is 0.826 bits per heavy atom. The SMILES string of the molecule is Nc1cc(CCOC2C(Oc3cc(CCc4ccccc4)c4c(c3O)C(=O)c3ccccc3C4=O)OC(CO)C(O)C2O)ccn1. The van der Waals surface area contributed by atoms with Crippen LogP contribution < -0.4 is 10.5 Å². The number of ether oxygens (including phenoxy) is 3. The highest BCUT2D eigenvalue weighted by Gasteiger charge is 2.47. The number of carbonyl (C=O) groups is 2. The van der Waals surface area contributed by atoms with Gasteiger partial charge in [0.25, 0.3) is 0 Å². The number of nitrogens with zero attached hydrogens (tertiary/aromatic N) is 1. The monoisotopic (exact) mass is 626 g/mol. The standard InChI is InChI=1S/C35H34N2O9/c36-26-16-20(12-14-37-26)13-15-44-34-33(43)32(42)25(18-38)46-35(34)45-24-17-21(11-10-19-6-2-1-3-7-19)27-28(31(24)41)30(40)23-9-5-4-8-22(23)29(27)39/h1-9,12,14,16-17,25,32-35,38,41-43H,10-11,13,15,18H2,(H2,36,37). The predicted molar refractivity (Wildman–Crippen MR) is 166 cm³/mol. The van der Waals surface area contributed by atoms with Gasteiger partial charge in [-0.05, 0) is 54.2 Å². The van der Waals surface area contributed by atoms with Crippen LogP contribution in [0.1, 0.15) is 48.5 Å². The van der Waals surface area contributed by atoms with Crippen LogP contribution in [0.15, 0.2) is 79.0 Å². The molecule has 238 valence electrons. The number of aromatic hydroxyl groups is 1. The third-order valence-corrected chi connectivity index (χ3v) is 8.36. The summed E-state index contributed by atoms with van der Waals surface area (Å²) in [5.74, 6) is -1.33. The molecule has 0 amide bonds. The van der Waals surface area contributed by atoms with Crippen molar-refractivity contribution in [3.8, 4) is 11.5 Å². The Labute approximate surface area is 264 Å². The van der Waals surface area contributed by atoms with Crippen LogP contribution in [0.5, 0.6) is 11.5 Å². The van der Waals surface area contributed by atoms with E-state index in [1.54, 1.807) is 36.5 Å². The number of aliphatic hydroxyl groups is 3. The van der Waals surface area contributed by atoms with Crippen molar-refractivity contribution in [3.63, 3.8) is 0 Å². The molecule has 11 heteroatoms. The summed E-state index contributed by atoms with van der Waals surface area (Å²) in [4.78, 5) is 31.5. The molecular formula is C35H34N2O9. The molecular weight excluding hydrogens is 592 g/mol. The maximum Gasteiger partial charge on any atom is 0.229 e. The highest BCUT2D eigenvalue weighted by molar-refractivity contribution is 6.30. The van der Waals surface area contributed by atoms with Gasteiger partial charge in [-0.25, -0.2) is 4.98 Å². The molecule has 2 heterocycles. The number of fused-ring (bicyclic) bond motifs is 2. The van der Waals surface area contributed by atoms with Gasteiger partial charge < -0.3 is 40.4 Å². The maximum atomic E-state index is 13.8. The average molecular weight is 627 g/mol. The fraction of sp³-hybridized carbons (Fsp3) is 0.286. The first-order valence-electron chi connectivity index (χ1n) is 15.0. The third-order valence-electron chi connectivity index (χ3n) is 8.36. The maximum absolute atomic E-state index is 13.8. The Bertz CT molecular complexity index is 1750. The largest absolute Gasteiger partial charge is 0.504 e. The normalized spacial score (nSPS) is 22.3. The summed E-state index contributed by atoms with van der Waals surface area (Å²) >= 11 is 0. The summed E-state index contributed by atoms with van der Waals surface area (Å²) in [6.07, 6.45) is -4.15. The van der Waals surface area contributed by atoms with Gasteiger partial charge in [-0.15, -0.1) is 0 Å². The van der Waals surface area contributed by atoms with E-state index in [-0.39, 0.29) is 40.4 Å². The summed E-state index contributed by atoms with van der Waals surface area (Å²) < 4.78 is 17.9. The lowest BCUT2D eigenvalue weighted by atomic mass is 9.80. The van der Waals surface area contributed by atoms with Gasteiger partial charge in [0.2, 0.25) is 6.29 Å². The van der Waals surface area contributed by atoms with Crippen molar-refractivity contribution in [1.29, 1.82) is 0 Å². The Morgan fingerprint density at radius 2 is 1.52 bits per heavy atom. The fourth-order valence-electron chi connectivity index (χ4n) is 5.96. The van der Waals surface area contributed by atoms with E-state index in [0.29, 0.717) is 30.6 Å². The van der Waals surface area contributed by atoms with Crippen molar-refractivity contribution in [3.05, 3.63) is 118 Å². The molecule has 1 aliphatic carbocycles. The molecule has 6 N–H and O–H groups in total. The van der Waals surface area contributed by atoms with E-state index in [0.717, 1.165) is 11.1 Å². The van der Waals surface area contributed by atoms with Crippen molar-refractivity contribution >= 4 is 17.4 Å². The quantitative estimate of drug-likeness (QED) is 0.154. The highest BCUT2D eigenvalue weighted by atomic mass is 16.7. The number of nitrogen functional groups attached to an aromatic ring is 1. The molecule has 0 spiro atoms. The van der Waals surface area contributed by atoms with E-state index in [2.05, 4.69) is 4.98 Å². The number of pyridine rings is 1. The molecule has 1 aliphatic heterocycles.